The van der Waals surface area contributed by atoms with Crippen LogP contribution in [0.15, 0.2) is 78.9 Å². The van der Waals surface area contributed by atoms with Gasteiger partial charge in [-0.15, -0.1) is 0 Å². The number of rotatable bonds is 5. The number of aliphatic hydroxyl groups is 1. The molecule has 210 valence electrons. The normalized spacial score (nSPS) is 20.9. The molecule has 41 heavy (non-hydrogen) atoms. The predicted molar refractivity (Wildman–Crippen MR) is 169 cm³/mol. The van der Waals surface area contributed by atoms with Crippen LogP contribution in [0, 0.1) is 5.41 Å². The van der Waals surface area contributed by atoms with E-state index in [1.165, 1.54) is 5.56 Å². The molecular formula is C35H34ClNO3S. The monoisotopic (exact) mass is 583 g/mol. The van der Waals surface area contributed by atoms with E-state index in [0.717, 1.165) is 51.9 Å². The molecule has 0 bridgehead atoms. The Morgan fingerprint density at radius 1 is 1.02 bits per heavy atom. The first-order chi connectivity index (χ1) is 19.7. The summed E-state index contributed by atoms with van der Waals surface area (Å²) in [6, 6.07) is 26.2. The van der Waals surface area contributed by atoms with Crippen molar-refractivity contribution in [2.24, 2.45) is 5.41 Å². The van der Waals surface area contributed by atoms with E-state index < -0.39 is 11.7 Å². The van der Waals surface area contributed by atoms with E-state index in [2.05, 4.69) is 36.4 Å². The lowest BCUT2D eigenvalue weighted by atomic mass is 9.88. The van der Waals surface area contributed by atoms with Crippen LogP contribution in [0.1, 0.15) is 78.8 Å². The van der Waals surface area contributed by atoms with Gasteiger partial charge in [-0.05, 0) is 78.6 Å². The molecule has 1 aliphatic heterocycles. The van der Waals surface area contributed by atoms with Crippen molar-refractivity contribution in [1.82, 2.24) is 4.98 Å². The van der Waals surface area contributed by atoms with Crippen molar-refractivity contribution in [3.8, 4) is 0 Å². The van der Waals surface area contributed by atoms with E-state index in [1.807, 2.05) is 66.4 Å². The highest BCUT2D eigenvalue weighted by Gasteiger charge is 2.46. The van der Waals surface area contributed by atoms with Crippen LogP contribution < -0.4 is 0 Å². The van der Waals surface area contributed by atoms with E-state index in [0.29, 0.717) is 17.9 Å². The van der Waals surface area contributed by atoms with E-state index in [1.54, 1.807) is 13.8 Å². The van der Waals surface area contributed by atoms with E-state index in [9.17, 15) is 9.90 Å². The molecule has 3 aromatic carbocycles. The zero-order valence-corrected chi connectivity index (χ0v) is 24.9. The van der Waals surface area contributed by atoms with Gasteiger partial charge < -0.3 is 9.84 Å². The molecule has 4 nitrogen and oxygen atoms in total. The second-order valence-corrected chi connectivity index (χ2v) is 13.5. The molecule has 1 aliphatic carbocycles. The number of cyclic esters (lactones) is 1. The van der Waals surface area contributed by atoms with Crippen molar-refractivity contribution in [3.63, 3.8) is 0 Å². The SMILES string of the molecule is CC(C)(O)c1ccccc1C1C[C@H](c2cccc(C=Cc3ccc4ccc(Cl)cc4n3)c2)SCC2(CC2)CC(=O)O1. The Balaban J connectivity index is 1.31. The summed E-state index contributed by atoms with van der Waals surface area (Å²) in [5, 5.41) is 12.8. The minimum atomic E-state index is -1.05. The van der Waals surface area contributed by atoms with Gasteiger partial charge in [-0.3, -0.25) is 4.79 Å². The van der Waals surface area contributed by atoms with Gasteiger partial charge in [0.1, 0.15) is 6.10 Å². The third kappa shape index (κ3) is 6.53. The summed E-state index contributed by atoms with van der Waals surface area (Å²) in [4.78, 5) is 17.8. The number of hydrogen-bond donors (Lipinski definition) is 1. The number of halogens is 1. The van der Waals surface area contributed by atoms with Gasteiger partial charge in [0, 0.05) is 27.8 Å². The van der Waals surface area contributed by atoms with Crippen molar-refractivity contribution in [3.05, 3.63) is 112 Å². The van der Waals surface area contributed by atoms with Crippen molar-refractivity contribution >= 4 is 52.4 Å². The summed E-state index contributed by atoms with van der Waals surface area (Å²) in [7, 11) is 0. The third-order valence-electron chi connectivity index (χ3n) is 8.14. The van der Waals surface area contributed by atoms with Gasteiger partial charge in [-0.1, -0.05) is 78.3 Å². The molecular weight excluding hydrogens is 550 g/mol. The molecule has 6 heteroatoms. The predicted octanol–water partition coefficient (Wildman–Crippen LogP) is 8.92. The molecule has 1 unspecified atom stereocenters. The molecule has 1 spiro atoms. The molecule has 1 N–H and O–H groups in total. The molecule has 1 saturated heterocycles. The number of esters is 1. The van der Waals surface area contributed by atoms with Crippen molar-refractivity contribution in [2.75, 3.05) is 5.75 Å². The van der Waals surface area contributed by atoms with E-state index in [-0.39, 0.29) is 16.6 Å². The smallest absolute Gasteiger partial charge is 0.306 e. The molecule has 4 aromatic rings. The molecule has 2 heterocycles. The van der Waals surface area contributed by atoms with Gasteiger partial charge >= 0.3 is 5.97 Å². The number of fused-ring (bicyclic) bond motifs is 1. The first-order valence-electron chi connectivity index (χ1n) is 14.1. The highest BCUT2D eigenvalue weighted by atomic mass is 35.5. The van der Waals surface area contributed by atoms with Crippen LogP contribution in [-0.2, 0) is 15.1 Å². The average molecular weight is 584 g/mol. The summed E-state index contributed by atoms with van der Waals surface area (Å²) in [5.74, 6) is 0.802. The van der Waals surface area contributed by atoms with Crippen LogP contribution in [-0.4, -0.2) is 21.8 Å². The van der Waals surface area contributed by atoms with Crippen LogP contribution in [0.4, 0.5) is 0 Å². The zero-order chi connectivity index (χ0) is 28.6. The number of benzene rings is 3. The third-order valence-corrected chi connectivity index (χ3v) is 10.0. The lowest BCUT2D eigenvalue weighted by molar-refractivity contribution is -0.151. The number of thioether (sulfide) groups is 1. The Kier molecular flexibility index (Phi) is 7.71. The molecule has 1 saturated carbocycles. The van der Waals surface area contributed by atoms with Crippen LogP contribution in [0.25, 0.3) is 23.1 Å². The Morgan fingerprint density at radius 2 is 1.83 bits per heavy atom. The molecule has 0 amide bonds. The molecule has 1 aromatic heterocycles. The second-order valence-electron chi connectivity index (χ2n) is 11.9. The number of pyridine rings is 1. The van der Waals surface area contributed by atoms with E-state index in [4.69, 9.17) is 21.3 Å². The Hall–Kier alpha value is -3.12. The molecule has 2 atom stereocenters. The second kappa shape index (κ2) is 11.3. The number of ether oxygens (including phenoxy) is 1. The number of carbonyl (C=O) groups excluding carboxylic acids is 1. The largest absolute Gasteiger partial charge is 0.457 e. The topological polar surface area (TPSA) is 59.4 Å². The number of hydrogen-bond acceptors (Lipinski definition) is 5. The van der Waals surface area contributed by atoms with Crippen LogP contribution >= 0.6 is 23.4 Å². The Bertz CT molecular complexity index is 1620. The minimum Gasteiger partial charge on any atom is -0.457 e. The summed E-state index contributed by atoms with van der Waals surface area (Å²) in [6.07, 6.45) is 6.91. The van der Waals surface area contributed by atoms with Crippen LogP contribution in [0.3, 0.4) is 0 Å². The molecule has 2 aliphatic rings. The quantitative estimate of drug-likeness (QED) is 0.238. The lowest BCUT2D eigenvalue weighted by Gasteiger charge is -2.28. The average Bonchev–Trinajstić information content (AvgIpc) is 3.70. The van der Waals surface area contributed by atoms with Gasteiger partial charge in [0.05, 0.1) is 23.2 Å². The van der Waals surface area contributed by atoms with Gasteiger partial charge in [0.25, 0.3) is 0 Å². The molecule has 0 radical (unpaired) electrons. The first kappa shape index (κ1) is 28.0. The lowest BCUT2D eigenvalue weighted by Crippen LogP contribution is -2.22. The fraction of sp³-hybridized carbons (Fsp3) is 0.314. The van der Waals surface area contributed by atoms with Gasteiger partial charge in [-0.25, -0.2) is 4.98 Å². The number of nitrogens with zero attached hydrogens (tertiary/aromatic N) is 1. The van der Waals surface area contributed by atoms with Gasteiger partial charge in [0.15, 0.2) is 0 Å². The molecule has 6 rings (SSSR count). The fourth-order valence-electron chi connectivity index (χ4n) is 5.64. The highest BCUT2D eigenvalue weighted by molar-refractivity contribution is 7.99. The maximum Gasteiger partial charge on any atom is 0.306 e. The molecule has 2 fully saturated rings. The standard InChI is InChI=1S/C35H34ClNO3S/c1-34(2,39)29-9-4-3-8-28(29)31-20-32(41-22-35(16-17-35)21-33(38)40-31)25-7-5-6-23(18-25)10-14-27-15-12-24-11-13-26(36)19-30(24)37-27/h3-15,18-19,31-32,39H,16-17,20-22H2,1-2H3/t31?,32-/m1/s1. The zero-order valence-electron chi connectivity index (χ0n) is 23.3. The number of carbonyl (C=O) groups is 1. The van der Waals surface area contributed by atoms with Crippen molar-refractivity contribution in [1.29, 1.82) is 0 Å². The van der Waals surface area contributed by atoms with E-state index >= 15 is 0 Å². The van der Waals surface area contributed by atoms with Crippen molar-refractivity contribution in [2.45, 2.75) is 56.5 Å². The van der Waals surface area contributed by atoms with Crippen LogP contribution in [0.5, 0.6) is 0 Å². The van der Waals surface area contributed by atoms with Gasteiger partial charge in [-0.2, -0.15) is 11.8 Å². The maximum absolute atomic E-state index is 13.1. The number of aromatic nitrogens is 1. The van der Waals surface area contributed by atoms with Crippen molar-refractivity contribution < 1.29 is 14.6 Å². The maximum atomic E-state index is 13.1. The Morgan fingerprint density at radius 3 is 2.63 bits per heavy atom. The summed E-state index contributed by atoms with van der Waals surface area (Å²) in [5.41, 5.74) is 4.70. The fourth-order valence-corrected chi connectivity index (χ4v) is 7.41. The summed E-state index contributed by atoms with van der Waals surface area (Å²) < 4.78 is 6.20. The summed E-state index contributed by atoms with van der Waals surface area (Å²) in [6.45, 7) is 3.56. The van der Waals surface area contributed by atoms with Crippen LogP contribution in [0.2, 0.25) is 5.02 Å². The summed E-state index contributed by atoms with van der Waals surface area (Å²) >= 11 is 8.11. The minimum absolute atomic E-state index is 0.0484. The first-order valence-corrected chi connectivity index (χ1v) is 15.6. The highest BCUT2D eigenvalue weighted by Crippen LogP contribution is 2.55. The van der Waals surface area contributed by atoms with Gasteiger partial charge in [0.2, 0.25) is 0 Å². The Labute approximate surface area is 250 Å².